The highest BCUT2D eigenvalue weighted by Crippen LogP contribution is 2.23. The van der Waals surface area contributed by atoms with Gasteiger partial charge in [-0.2, -0.15) is 0 Å². The van der Waals surface area contributed by atoms with Crippen molar-refractivity contribution in [1.29, 1.82) is 0 Å². The number of morpholine rings is 1. The predicted octanol–water partition coefficient (Wildman–Crippen LogP) is 2.00. The largest absolute Gasteiger partial charge is 0.399 e. The van der Waals surface area contributed by atoms with Crippen LogP contribution in [0.5, 0.6) is 0 Å². The van der Waals surface area contributed by atoms with Crippen LogP contribution in [-0.2, 0) is 11.3 Å². The number of rotatable bonds is 3. The minimum atomic E-state index is -0.00964. The Labute approximate surface area is 122 Å². The van der Waals surface area contributed by atoms with Crippen molar-refractivity contribution in [2.45, 2.75) is 19.6 Å². The Kier molecular flexibility index (Phi) is 3.95. The smallest absolute Gasteiger partial charge is 0.112 e. The van der Waals surface area contributed by atoms with Crippen molar-refractivity contribution in [3.05, 3.63) is 40.1 Å². The number of nitrogens with two attached hydrogens (primary N) is 1. The number of pyridine rings is 1. The molecule has 1 aliphatic rings. The molecule has 1 saturated heterocycles. The van der Waals surface area contributed by atoms with E-state index >= 15 is 0 Å². The Hall–Kier alpha value is -1.50. The fraction of sp³-hybridized carbons (Fsp3) is 0.429. The summed E-state index contributed by atoms with van der Waals surface area (Å²) in [6.07, 6.45) is -0.00964. The van der Waals surface area contributed by atoms with Gasteiger partial charge in [0, 0.05) is 36.4 Å². The Morgan fingerprint density at radius 1 is 1.50 bits per heavy atom. The first-order chi connectivity index (χ1) is 9.70. The summed E-state index contributed by atoms with van der Waals surface area (Å²) in [5.41, 5.74) is 11.5. The molecule has 3 heterocycles. The molecule has 0 saturated carbocycles. The van der Waals surface area contributed by atoms with Gasteiger partial charge in [0.2, 0.25) is 0 Å². The molecule has 5 nitrogen and oxygen atoms in total. The van der Waals surface area contributed by atoms with Crippen LogP contribution in [0.1, 0.15) is 23.2 Å². The van der Waals surface area contributed by atoms with Crippen molar-refractivity contribution in [3.63, 3.8) is 0 Å². The van der Waals surface area contributed by atoms with Crippen LogP contribution in [0.25, 0.3) is 0 Å². The summed E-state index contributed by atoms with van der Waals surface area (Å²) in [5.74, 6) is 0. The third kappa shape index (κ3) is 3.15. The van der Waals surface area contributed by atoms with Gasteiger partial charge in [-0.3, -0.25) is 9.88 Å². The monoisotopic (exact) mass is 290 g/mol. The molecular formula is C14H18N4OS. The van der Waals surface area contributed by atoms with Gasteiger partial charge < -0.3 is 10.5 Å². The molecule has 0 aliphatic carbocycles. The molecule has 1 atom stereocenters. The summed E-state index contributed by atoms with van der Waals surface area (Å²) < 4.78 is 5.85. The van der Waals surface area contributed by atoms with E-state index in [1.54, 1.807) is 11.3 Å². The highest BCUT2D eigenvalue weighted by Gasteiger charge is 2.23. The van der Waals surface area contributed by atoms with Crippen molar-refractivity contribution in [1.82, 2.24) is 14.9 Å². The minimum Gasteiger partial charge on any atom is -0.399 e. The molecule has 0 radical (unpaired) electrons. The average molecular weight is 290 g/mol. The van der Waals surface area contributed by atoms with Crippen LogP contribution in [0, 0.1) is 6.92 Å². The van der Waals surface area contributed by atoms with Gasteiger partial charge in [0.25, 0.3) is 0 Å². The van der Waals surface area contributed by atoms with Gasteiger partial charge in [-0.15, -0.1) is 11.3 Å². The zero-order chi connectivity index (χ0) is 13.9. The van der Waals surface area contributed by atoms with Crippen molar-refractivity contribution in [2.75, 3.05) is 25.4 Å². The second-order valence-corrected chi connectivity index (χ2v) is 5.76. The van der Waals surface area contributed by atoms with Gasteiger partial charge in [0.1, 0.15) is 6.10 Å². The van der Waals surface area contributed by atoms with Crippen molar-refractivity contribution < 1.29 is 4.74 Å². The summed E-state index contributed by atoms with van der Waals surface area (Å²) in [6.45, 7) is 5.29. The van der Waals surface area contributed by atoms with E-state index in [-0.39, 0.29) is 6.10 Å². The van der Waals surface area contributed by atoms with Gasteiger partial charge in [0.15, 0.2) is 0 Å². The number of nitrogens with zero attached hydrogens (tertiary/aromatic N) is 3. The van der Waals surface area contributed by atoms with Crippen molar-refractivity contribution >= 4 is 17.0 Å². The third-order valence-electron chi connectivity index (χ3n) is 3.35. The number of ether oxygens (including phenoxy) is 1. The third-order valence-corrected chi connectivity index (χ3v) is 3.98. The second-order valence-electron chi connectivity index (χ2n) is 5.04. The Morgan fingerprint density at radius 3 is 3.15 bits per heavy atom. The lowest BCUT2D eigenvalue weighted by molar-refractivity contribution is -0.0353. The standard InChI is InChI=1S/C14H18N4OS/c1-10-4-11(15)5-13(17-10)14-7-18(2-3-19-14)6-12-8-20-9-16-12/h4-5,8-9,14H,2-3,6-7H2,1H3,(H2,15,17). The molecule has 1 unspecified atom stereocenters. The summed E-state index contributed by atoms with van der Waals surface area (Å²) in [5, 5.41) is 2.09. The number of nitrogen functional groups attached to an aromatic ring is 1. The van der Waals surface area contributed by atoms with Crippen LogP contribution in [0.4, 0.5) is 5.69 Å². The lowest BCUT2D eigenvalue weighted by atomic mass is 10.1. The summed E-state index contributed by atoms with van der Waals surface area (Å²) in [4.78, 5) is 11.2. The summed E-state index contributed by atoms with van der Waals surface area (Å²) in [6, 6.07) is 3.78. The quantitative estimate of drug-likeness (QED) is 0.936. The number of anilines is 1. The average Bonchev–Trinajstić information content (AvgIpc) is 2.91. The van der Waals surface area contributed by atoms with Crippen LogP contribution >= 0.6 is 11.3 Å². The molecule has 2 N–H and O–H groups in total. The summed E-state index contributed by atoms with van der Waals surface area (Å²) >= 11 is 1.63. The maximum Gasteiger partial charge on any atom is 0.112 e. The lowest BCUT2D eigenvalue weighted by Crippen LogP contribution is -2.38. The van der Waals surface area contributed by atoms with E-state index in [2.05, 4.69) is 20.2 Å². The minimum absolute atomic E-state index is 0.00964. The molecule has 1 aliphatic heterocycles. The SMILES string of the molecule is Cc1cc(N)cc(C2CN(Cc3cscn3)CCO2)n1. The molecule has 1 fully saturated rings. The number of hydrogen-bond donors (Lipinski definition) is 1. The van der Waals surface area contributed by atoms with E-state index in [0.29, 0.717) is 6.61 Å². The molecule has 0 spiro atoms. The number of aryl methyl sites for hydroxylation is 1. The Balaban J connectivity index is 1.71. The van der Waals surface area contributed by atoms with Gasteiger partial charge in [0.05, 0.1) is 23.5 Å². The van der Waals surface area contributed by atoms with Gasteiger partial charge in [-0.1, -0.05) is 0 Å². The zero-order valence-electron chi connectivity index (χ0n) is 11.5. The van der Waals surface area contributed by atoms with Gasteiger partial charge in [-0.05, 0) is 19.1 Å². The van der Waals surface area contributed by atoms with E-state index in [9.17, 15) is 0 Å². The fourth-order valence-electron chi connectivity index (χ4n) is 2.46. The molecule has 6 heteroatoms. The van der Waals surface area contributed by atoms with Crippen LogP contribution < -0.4 is 5.73 Å². The summed E-state index contributed by atoms with van der Waals surface area (Å²) in [7, 11) is 0. The molecule has 20 heavy (non-hydrogen) atoms. The first kappa shape index (κ1) is 13.5. The maximum absolute atomic E-state index is 5.89. The van der Waals surface area contributed by atoms with Gasteiger partial charge >= 0.3 is 0 Å². The normalized spacial score (nSPS) is 20.1. The molecule has 2 aromatic heterocycles. The van der Waals surface area contributed by atoms with Gasteiger partial charge in [-0.25, -0.2) is 4.98 Å². The van der Waals surface area contributed by atoms with Crippen molar-refractivity contribution in [3.8, 4) is 0 Å². The van der Waals surface area contributed by atoms with Crippen LogP contribution in [-0.4, -0.2) is 34.6 Å². The topological polar surface area (TPSA) is 64.3 Å². The van der Waals surface area contributed by atoms with E-state index in [1.165, 1.54) is 0 Å². The highest BCUT2D eigenvalue weighted by molar-refractivity contribution is 7.07. The number of hydrogen-bond acceptors (Lipinski definition) is 6. The zero-order valence-corrected chi connectivity index (χ0v) is 12.3. The van der Waals surface area contributed by atoms with E-state index in [1.807, 2.05) is 24.6 Å². The van der Waals surface area contributed by atoms with E-state index in [0.717, 1.165) is 42.4 Å². The molecular weight excluding hydrogens is 272 g/mol. The molecule has 0 amide bonds. The predicted molar refractivity (Wildman–Crippen MR) is 79.5 cm³/mol. The van der Waals surface area contributed by atoms with Crippen LogP contribution in [0.15, 0.2) is 23.0 Å². The van der Waals surface area contributed by atoms with Crippen LogP contribution in [0.3, 0.4) is 0 Å². The molecule has 0 bridgehead atoms. The van der Waals surface area contributed by atoms with E-state index < -0.39 is 0 Å². The first-order valence-electron chi connectivity index (χ1n) is 6.66. The maximum atomic E-state index is 5.89. The number of thiazole rings is 1. The molecule has 2 aromatic rings. The van der Waals surface area contributed by atoms with Crippen LogP contribution in [0.2, 0.25) is 0 Å². The second kappa shape index (κ2) is 5.87. The molecule has 0 aromatic carbocycles. The Bertz CT molecular complexity index is 552. The first-order valence-corrected chi connectivity index (χ1v) is 7.60. The van der Waals surface area contributed by atoms with Crippen molar-refractivity contribution in [2.24, 2.45) is 0 Å². The van der Waals surface area contributed by atoms with E-state index in [4.69, 9.17) is 10.5 Å². The molecule has 3 rings (SSSR count). The highest BCUT2D eigenvalue weighted by atomic mass is 32.1. The lowest BCUT2D eigenvalue weighted by Gasteiger charge is -2.32. The number of aromatic nitrogens is 2. The fourth-order valence-corrected chi connectivity index (χ4v) is 3.01. The Morgan fingerprint density at radius 2 is 2.40 bits per heavy atom. The molecule has 106 valence electrons.